The lowest BCUT2D eigenvalue weighted by Gasteiger charge is -2.50. The first-order valence-corrected chi connectivity index (χ1v) is 18.2. The molecule has 1 saturated heterocycles. The van der Waals surface area contributed by atoms with Crippen LogP contribution in [0.2, 0.25) is 18.1 Å². The molecule has 0 bridgehead atoms. The molecule has 1 aliphatic rings. The minimum Gasteiger partial charge on any atom is -0.487 e. The molecule has 2 aromatic carbocycles. The van der Waals surface area contributed by atoms with Crippen LogP contribution in [0.25, 0.3) is 11.0 Å². The van der Waals surface area contributed by atoms with Crippen LogP contribution in [0.15, 0.2) is 51.7 Å². The number of methoxy groups -OCH3 is 1. The fraction of sp³-hybridized carbons (Fsp3) is 0.529. The number of benzene rings is 2. The van der Waals surface area contributed by atoms with Crippen LogP contribution >= 0.6 is 0 Å². The van der Waals surface area contributed by atoms with E-state index in [0.717, 1.165) is 23.7 Å². The summed E-state index contributed by atoms with van der Waals surface area (Å²) in [6.07, 6.45) is -3.49. The Morgan fingerprint density at radius 2 is 1.69 bits per heavy atom. The summed E-state index contributed by atoms with van der Waals surface area (Å²) in [4.78, 5) is 26.1. The third-order valence-electron chi connectivity index (χ3n) is 8.77. The van der Waals surface area contributed by atoms with Crippen LogP contribution in [-0.4, -0.2) is 63.3 Å². The van der Waals surface area contributed by atoms with Gasteiger partial charge in [-0.2, -0.15) is 0 Å². The smallest absolute Gasteiger partial charge is 0.354 e. The molecule has 4 rings (SSSR count). The fourth-order valence-corrected chi connectivity index (χ4v) is 8.80. The molecule has 10 nitrogen and oxygen atoms in total. The van der Waals surface area contributed by atoms with Crippen molar-refractivity contribution in [3.8, 4) is 11.5 Å². The van der Waals surface area contributed by atoms with Crippen LogP contribution < -0.4 is 15.1 Å². The molecule has 1 N–H and O–H groups in total. The van der Waals surface area contributed by atoms with Crippen LogP contribution in [0.3, 0.4) is 0 Å². The van der Waals surface area contributed by atoms with E-state index in [-0.39, 0.29) is 30.1 Å². The molecular formula is C34H46O10Si. The van der Waals surface area contributed by atoms with Gasteiger partial charge in [-0.3, -0.25) is 0 Å². The number of esters is 1. The van der Waals surface area contributed by atoms with Gasteiger partial charge in [0.05, 0.1) is 17.6 Å². The monoisotopic (exact) mass is 642 g/mol. The zero-order valence-corrected chi connectivity index (χ0v) is 28.5. The van der Waals surface area contributed by atoms with Crippen LogP contribution in [-0.2, 0) is 25.2 Å². The Kier molecular flexibility index (Phi) is 11.1. The summed E-state index contributed by atoms with van der Waals surface area (Å²) in [5.74, 6) is -0.451. The third-order valence-corrected chi connectivity index (χ3v) is 13.4. The first-order valence-electron chi connectivity index (χ1n) is 15.6. The van der Waals surface area contributed by atoms with Crippen LogP contribution in [0.1, 0.15) is 63.0 Å². The standard InChI is InChI=1S/C34H46O10Si/c1-9-39-31(36)25-28(40-20-22-16-14-13-15-17-22)23-18-19-24(21(5)27(23)42-32(25)37)41-33-26(35)29(30(38-8)34(6,7)43-33)44-45(10-2,11-3)12-4/h13-19,26,29-30,33,35H,9-12,20H2,1-8H3/t26-,29-,30-,33-/m1/s1. The topological polar surface area (TPSA) is 123 Å². The summed E-state index contributed by atoms with van der Waals surface area (Å²) in [6, 6.07) is 15.4. The summed E-state index contributed by atoms with van der Waals surface area (Å²) in [7, 11) is -0.567. The summed E-state index contributed by atoms with van der Waals surface area (Å²) < 4.78 is 42.2. The summed E-state index contributed by atoms with van der Waals surface area (Å²) >= 11 is 0. The van der Waals surface area contributed by atoms with Crippen LogP contribution in [0.4, 0.5) is 0 Å². The molecule has 0 aliphatic carbocycles. The van der Waals surface area contributed by atoms with E-state index in [9.17, 15) is 14.7 Å². The van der Waals surface area contributed by atoms with Crippen molar-refractivity contribution in [2.75, 3.05) is 13.7 Å². The predicted molar refractivity (Wildman–Crippen MR) is 172 cm³/mol. The molecule has 0 radical (unpaired) electrons. The molecule has 0 unspecified atom stereocenters. The maximum atomic E-state index is 13.2. The summed E-state index contributed by atoms with van der Waals surface area (Å²) in [5, 5.41) is 12.0. The highest BCUT2D eigenvalue weighted by atomic mass is 28.4. The average Bonchev–Trinajstić information content (AvgIpc) is 3.02. The minimum atomic E-state index is -2.15. The van der Waals surface area contributed by atoms with Gasteiger partial charge in [0.25, 0.3) is 0 Å². The molecule has 4 atom stereocenters. The van der Waals surface area contributed by atoms with Crippen LogP contribution in [0.5, 0.6) is 11.5 Å². The fourth-order valence-electron chi connectivity index (χ4n) is 5.96. The Bertz CT molecular complexity index is 1510. The number of aliphatic hydroxyl groups excluding tert-OH is 1. The molecule has 1 fully saturated rings. The number of aryl methyl sites for hydroxylation is 1. The van der Waals surface area contributed by atoms with Crippen LogP contribution in [0, 0.1) is 6.92 Å². The molecule has 0 saturated carbocycles. The number of carbonyl (C=O) groups is 1. The van der Waals surface area contributed by atoms with Gasteiger partial charge in [0.2, 0.25) is 6.29 Å². The number of hydrogen-bond acceptors (Lipinski definition) is 10. The lowest BCUT2D eigenvalue weighted by Crippen LogP contribution is -2.66. The first-order chi connectivity index (χ1) is 21.5. The average molecular weight is 643 g/mol. The van der Waals surface area contributed by atoms with Gasteiger partial charge in [-0.05, 0) is 63.5 Å². The van der Waals surface area contributed by atoms with Gasteiger partial charge in [-0.1, -0.05) is 51.1 Å². The Balaban J connectivity index is 1.74. The number of ether oxygens (including phenoxy) is 5. The molecule has 1 aliphatic heterocycles. The van der Waals surface area contributed by atoms with Crippen molar-refractivity contribution in [3.05, 3.63) is 69.6 Å². The van der Waals surface area contributed by atoms with Gasteiger partial charge in [-0.15, -0.1) is 0 Å². The van der Waals surface area contributed by atoms with E-state index < -0.39 is 50.1 Å². The number of aliphatic hydroxyl groups is 1. The number of fused-ring (bicyclic) bond motifs is 1. The lowest BCUT2D eigenvalue weighted by atomic mass is 9.89. The van der Waals surface area contributed by atoms with E-state index in [0.29, 0.717) is 16.7 Å². The predicted octanol–water partition coefficient (Wildman–Crippen LogP) is 6.14. The SMILES string of the molecule is CCOC(=O)c1c(OCc2ccccc2)c2ccc(O[C@@H]3OC(C)(C)[C@H](OC)[C@H](O[Si](CC)(CC)CC)[C@H]3O)c(C)c2oc1=O. The second-order valence-corrected chi connectivity index (χ2v) is 16.6. The zero-order chi connectivity index (χ0) is 32.9. The normalized spacial score (nSPS) is 21.4. The van der Waals surface area contributed by atoms with Crippen molar-refractivity contribution in [3.63, 3.8) is 0 Å². The van der Waals surface area contributed by atoms with Crippen molar-refractivity contribution in [1.82, 2.24) is 0 Å². The van der Waals surface area contributed by atoms with Gasteiger partial charge < -0.3 is 37.6 Å². The van der Waals surface area contributed by atoms with E-state index >= 15 is 0 Å². The second kappa shape index (κ2) is 14.5. The molecule has 11 heteroatoms. The molecule has 0 spiro atoms. The van der Waals surface area contributed by atoms with Gasteiger partial charge in [0, 0.05) is 12.7 Å². The van der Waals surface area contributed by atoms with Crippen molar-refractivity contribution >= 4 is 25.3 Å². The minimum absolute atomic E-state index is 0.0599. The van der Waals surface area contributed by atoms with E-state index in [4.69, 9.17) is 32.5 Å². The highest BCUT2D eigenvalue weighted by Crippen LogP contribution is 2.40. The van der Waals surface area contributed by atoms with E-state index in [1.165, 1.54) is 0 Å². The summed E-state index contributed by atoms with van der Waals surface area (Å²) in [5.41, 5.74) is -0.580. The van der Waals surface area contributed by atoms with E-state index in [1.807, 2.05) is 44.2 Å². The third kappa shape index (κ3) is 7.12. The molecule has 3 aromatic rings. The van der Waals surface area contributed by atoms with E-state index in [1.54, 1.807) is 33.1 Å². The highest BCUT2D eigenvalue weighted by Gasteiger charge is 2.53. The van der Waals surface area contributed by atoms with Gasteiger partial charge in [-0.25, -0.2) is 9.59 Å². The van der Waals surface area contributed by atoms with Crippen molar-refractivity contribution in [1.29, 1.82) is 0 Å². The van der Waals surface area contributed by atoms with Gasteiger partial charge >= 0.3 is 11.6 Å². The van der Waals surface area contributed by atoms with Gasteiger partial charge in [0.1, 0.15) is 36.3 Å². The maximum absolute atomic E-state index is 13.2. The summed E-state index contributed by atoms with van der Waals surface area (Å²) in [6.45, 7) is 13.7. The van der Waals surface area contributed by atoms with E-state index in [2.05, 4.69) is 20.8 Å². The molecule has 1 aromatic heterocycles. The molecule has 2 heterocycles. The Hall–Kier alpha value is -3.22. The molecular weight excluding hydrogens is 596 g/mol. The first kappa shape index (κ1) is 34.6. The zero-order valence-electron chi connectivity index (χ0n) is 27.5. The largest absolute Gasteiger partial charge is 0.487 e. The van der Waals surface area contributed by atoms with Crippen molar-refractivity contribution in [2.45, 2.75) is 103 Å². The number of carbonyl (C=O) groups excluding carboxylic acids is 1. The molecule has 246 valence electrons. The molecule has 45 heavy (non-hydrogen) atoms. The van der Waals surface area contributed by atoms with Gasteiger partial charge in [0.15, 0.2) is 19.6 Å². The quantitative estimate of drug-likeness (QED) is 0.132. The maximum Gasteiger partial charge on any atom is 0.354 e. The number of rotatable bonds is 13. The lowest BCUT2D eigenvalue weighted by molar-refractivity contribution is -0.303. The Morgan fingerprint density at radius 1 is 1.02 bits per heavy atom. The van der Waals surface area contributed by atoms with Crippen molar-refractivity contribution < 1.29 is 42.4 Å². The highest BCUT2D eigenvalue weighted by molar-refractivity contribution is 6.73. The number of hydrogen-bond donors (Lipinski definition) is 1. The Morgan fingerprint density at radius 3 is 2.29 bits per heavy atom. The second-order valence-electron chi connectivity index (χ2n) is 11.8. The molecule has 0 amide bonds. The Labute approximate surface area is 265 Å². The van der Waals surface area contributed by atoms with Crippen molar-refractivity contribution in [2.24, 2.45) is 0 Å².